The topological polar surface area (TPSA) is 46.2 Å². The molecule has 2 aromatic heterocycles. The van der Waals surface area contributed by atoms with E-state index in [9.17, 15) is 9.59 Å². The van der Waals surface area contributed by atoms with Crippen LogP contribution in [0.25, 0.3) is 0 Å². The van der Waals surface area contributed by atoms with Crippen LogP contribution in [0.15, 0.2) is 29.6 Å². The van der Waals surface area contributed by atoms with Gasteiger partial charge in [0.2, 0.25) is 11.7 Å². The van der Waals surface area contributed by atoms with Crippen molar-refractivity contribution in [1.29, 1.82) is 0 Å². The van der Waals surface area contributed by atoms with Gasteiger partial charge in [-0.3, -0.25) is 9.59 Å². The predicted octanol–water partition coefficient (Wildman–Crippen LogP) is 5.02. The van der Waals surface area contributed by atoms with Gasteiger partial charge < -0.3 is 5.32 Å². The molecule has 1 aliphatic rings. The van der Waals surface area contributed by atoms with Gasteiger partial charge in [0.25, 0.3) is 0 Å². The molecule has 0 radical (unpaired) electrons. The maximum Gasteiger partial charge on any atom is 0.220 e. The Morgan fingerprint density at radius 1 is 1.08 bits per heavy atom. The average Bonchev–Trinajstić information content (AvgIpc) is 3.30. The van der Waals surface area contributed by atoms with Crippen LogP contribution < -0.4 is 5.32 Å². The molecule has 1 aliphatic carbocycles. The highest BCUT2D eigenvalue weighted by Gasteiger charge is 2.15. The second kappa shape index (κ2) is 8.58. The number of amides is 1. The SMILES string of the molecule is O=C(CCC1CCCCC1)NCc1ccc(C(=O)c2cccs2)s1. The zero-order valence-corrected chi connectivity index (χ0v) is 15.4. The van der Waals surface area contributed by atoms with Gasteiger partial charge in [-0.05, 0) is 35.9 Å². The molecule has 0 unspecified atom stereocenters. The van der Waals surface area contributed by atoms with E-state index in [2.05, 4.69) is 5.32 Å². The minimum Gasteiger partial charge on any atom is -0.351 e. The van der Waals surface area contributed by atoms with Gasteiger partial charge in [0.1, 0.15) is 0 Å². The summed E-state index contributed by atoms with van der Waals surface area (Å²) >= 11 is 2.93. The van der Waals surface area contributed by atoms with Crippen molar-refractivity contribution in [1.82, 2.24) is 5.32 Å². The molecule has 0 saturated heterocycles. The van der Waals surface area contributed by atoms with Crippen LogP contribution in [-0.4, -0.2) is 11.7 Å². The number of ketones is 1. The van der Waals surface area contributed by atoms with Crippen molar-refractivity contribution in [3.63, 3.8) is 0 Å². The monoisotopic (exact) mass is 361 g/mol. The van der Waals surface area contributed by atoms with Crippen LogP contribution in [0.3, 0.4) is 0 Å². The highest BCUT2D eigenvalue weighted by Crippen LogP contribution is 2.27. The van der Waals surface area contributed by atoms with E-state index in [1.54, 1.807) is 0 Å². The first-order chi connectivity index (χ1) is 11.7. The fourth-order valence-corrected chi connectivity index (χ4v) is 4.85. The van der Waals surface area contributed by atoms with Crippen LogP contribution >= 0.6 is 22.7 Å². The molecule has 2 heterocycles. The van der Waals surface area contributed by atoms with Crippen molar-refractivity contribution in [3.05, 3.63) is 44.3 Å². The number of carbonyl (C=O) groups is 2. The largest absolute Gasteiger partial charge is 0.351 e. The third-order valence-corrected chi connectivity index (χ3v) is 6.55. The summed E-state index contributed by atoms with van der Waals surface area (Å²) < 4.78 is 0. The van der Waals surface area contributed by atoms with Gasteiger partial charge in [-0.2, -0.15) is 0 Å². The summed E-state index contributed by atoms with van der Waals surface area (Å²) in [7, 11) is 0. The third kappa shape index (κ3) is 4.77. The minimum absolute atomic E-state index is 0.0740. The van der Waals surface area contributed by atoms with Crippen LogP contribution in [0.4, 0.5) is 0 Å². The van der Waals surface area contributed by atoms with Gasteiger partial charge in [0.05, 0.1) is 16.3 Å². The van der Waals surface area contributed by atoms with Gasteiger partial charge in [-0.1, -0.05) is 38.2 Å². The Morgan fingerprint density at radius 2 is 1.92 bits per heavy atom. The molecule has 0 bridgehead atoms. The van der Waals surface area contributed by atoms with E-state index >= 15 is 0 Å². The van der Waals surface area contributed by atoms with Crippen molar-refractivity contribution in [2.24, 2.45) is 5.92 Å². The summed E-state index contributed by atoms with van der Waals surface area (Å²) in [6, 6.07) is 7.53. The summed E-state index contributed by atoms with van der Waals surface area (Å²) in [6.07, 6.45) is 8.20. The van der Waals surface area contributed by atoms with Crippen molar-refractivity contribution in [2.75, 3.05) is 0 Å². The van der Waals surface area contributed by atoms with Crippen LogP contribution in [0.2, 0.25) is 0 Å². The van der Waals surface area contributed by atoms with Crippen molar-refractivity contribution in [3.8, 4) is 0 Å². The smallest absolute Gasteiger partial charge is 0.220 e. The molecule has 0 aromatic carbocycles. The zero-order valence-electron chi connectivity index (χ0n) is 13.8. The Kier molecular flexibility index (Phi) is 6.21. The first-order valence-corrected chi connectivity index (χ1v) is 10.4. The Hall–Kier alpha value is -1.46. The molecule has 1 amide bonds. The molecule has 2 aromatic rings. The summed E-state index contributed by atoms with van der Waals surface area (Å²) in [5, 5.41) is 4.90. The Morgan fingerprint density at radius 3 is 2.67 bits per heavy atom. The van der Waals surface area contributed by atoms with Gasteiger partial charge in [0.15, 0.2) is 0 Å². The maximum absolute atomic E-state index is 12.3. The molecular formula is C19H23NO2S2. The first-order valence-electron chi connectivity index (χ1n) is 8.66. The number of thiophene rings is 2. The summed E-state index contributed by atoms with van der Waals surface area (Å²) in [4.78, 5) is 26.8. The van der Waals surface area contributed by atoms with Gasteiger partial charge in [-0.15, -0.1) is 22.7 Å². The van der Waals surface area contributed by atoms with Gasteiger partial charge in [-0.25, -0.2) is 0 Å². The fraction of sp³-hybridized carbons (Fsp3) is 0.474. The molecule has 0 aliphatic heterocycles. The molecule has 3 nitrogen and oxygen atoms in total. The van der Waals surface area contributed by atoms with Crippen LogP contribution in [0, 0.1) is 5.92 Å². The van der Waals surface area contributed by atoms with E-state index in [1.807, 2.05) is 29.6 Å². The van der Waals surface area contributed by atoms with Gasteiger partial charge in [0, 0.05) is 11.3 Å². The molecule has 0 atom stereocenters. The fourth-order valence-electron chi connectivity index (χ4n) is 3.21. The van der Waals surface area contributed by atoms with Crippen LogP contribution in [0.1, 0.15) is 64.4 Å². The first kappa shape index (κ1) is 17.4. The number of rotatable bonds is 7. The van der Waals surface area contributed by atoms with E-state index in [1.165, 1.54) is 54.8 Å². The average molecular weight is 362 g/mol. The van der Waals surface area contributed by atoms with Gasteiger partial charge >= 0.3 is 0 Å². The number of hydrogen-bond acceptors (Lipinski definition) is 4. The Balaban J connectivity index is 1.43. The van der Waals surface area contributed by atoms with Crippen molar-refractivity contribution in [2.45, 2.75) is 51.5 Å². The lowest BCUT2D eigenvalue weighted by Crippen LogP contribution is -2.23. The normalized spacial score (nSPS) is 15.3. The molecular weight excluding hydrogens is 338 g/mol. The molecule has 24 heavy (non-hydrogen) atoms. The summed E-state index contributed by atoms with van der Waals surface area (Å²) in [5.41, 5.74) is 0. The number of carbonyl (C=O) groups excluding carboxylic acids is 2. The van der Waals surface area contributed by atoms with E-state index < -0.39 is 0 Å². The lowest BCUT2D eigenvalue weighted by atomic mass is 9.86. The van der Waals surface area contributed by atoms with Crippen molar-refractivity contribution >= 4 is 34.4 Å². The number of hydrogen-bond donors (Lipinski definition) is 1. The van der Waals surface area contributed by atoms with Crippen LogP contribution in [-0.2, 0) is 11.3 Å². The second-order valence-corrected chi connectivity index (χ2v) is 8.51. The standard InChI is InChI=1S/C19H23NO2S2/c21-18(11-8-14-5-2-1-3-6-14)20-13-15-9-10-17(24-15)19(22)16-7-4-12-23-16/h4,7,9-10,12,14H,1-3,5-6,8,11,13H2,(H,20,21). The highest BCUT2D eigenvalue weighted by atomic mass is 32.1. The van der Waals surface area contributed by atoms with E-state index in [0.717, 1.165) is 27.0 Å². The van der Waals surface area contributed by atoms with E-state index in [4.69, 9.17) is 0 Å². The van der Waals surface area contributed by atoms with E-state index in [0.29, 0.717) is 13.0 Å². The highest BCUT2D eigenvalue weighted by molar-refractivity contribution is 7.16. The van der Waals surface area contributed by atoms with E-state index in [-0.39, 0.29) is 11.7 Å². The second-order valence-electron chi connectivity index (χ2n) is 6.39. The summed E-state index contributed by atoms with van der Waals surface area (Å²) in [5.74, 6) is 0.936. The Bertz CT molecular complexity index is 669. The molecule has 3 rings (SSSR count). The molecule has 1 N–H and O–H groups in total. The quantitative estimate of drug-likeness (QED) is 0.704. The summed E-state index contributed by atoms with van der Waals surface area (Å²) in [6.45, 7) is 0.520. The molecule has 0 spiro atoms. The lowest BCUT2D eigenvalue weighted by molar-refractivity contribution is -0.121. The van der Waals surface area contributed by atoms with Crippen molar-refractivity contribution < 1.29 is 9.59 Å². The number of nitrogens with one attached hydrogen (secondary N) is 1. The molecule has 1 fully saturated rings. The third-order valence-electron chi connectivity index (χ3n) is 4.59. The molecule has 5 heteroatoms. The predicted molar refractivity (Wildman–Crippen MR) is 99.7 cm³/mol. The molecule has 1 saturated carbocycles. The van der Waals surface area contributed by atoms with Crippen LogP contribution in [0.5, 0.6) is 0 Å². The molecule has 128 valence electrons. The Labute approximate surface area is 151 Å². The lowest BCUT2D eigenvalue weighted by Gasteiger charge is -2.20. The maximum atomic E-state index is 12.3. The minimum atomic E-state index is 0.0740. The zero-order chi connectivity index (χ0) is 16.8.